The van der Waals surface area contributed by atoms with E-state index in [0.717, 1.165) is 0 Å². The van der Waals surface area contributed by atoms with Crippen LogP contribution < -0.4 is 10.6 Å². The van der Waals surface area contributed by atoms with Gasteiger partial charge < -0.3 is 20.3 Å². The third-order valence-electron chi connectivity index (χ3n) is 3.75. The van der Waals surface area contributed by atoms with Crippen molar-refractivity contribution < 1.29 is 19.1 Å². The summed E-state index contributed by atoms with van der Waals surface area (Å²) in [4.78, 5) is 37.0. The van der Waals surface area contributed by atoms with Crippen LogP contribution in [0, 0.1) is 0 Å². The standard InChI is InChI=1S/C17H23N3O4/c1-12-11-24-9-8-20(12)17(23)14-4-3-5-15(10-14)19-16(22)6-7-18-13(2)21/h3-5,10,12H,6-9,11H2,1-2H3,(H,18,21)(H,19,22). The van der Waals surface area contributed by atoms with Crippen molar-refractivity contribution in [3.63, 3.8) is 0 Å². The molecule has 130 valence electrons. The zero-order valence-electron chi connectivity index (χ0n) is 14.0. The molecule has 0 aliphatic carbocycles. The van der Waals surface area contributed by atoms with Crippen LogP contribution in [0.1, 0.15) is 30.6 Å². The van der Waals surface area contributed by atoms with Crippen LogP contribution in [0.3, 0.4) is 0 Å². The fraction of sp³-hybridized carbons (Fsp3) is 0.471. The predicted octanol–water partition coefficient (Wildman–Crippen LogP) is 1.01. The van der Waals surface area contributed by atoms with Gasteiger partial charge in [0, 0.05) is 37.7 Å². The number of rotatable bonds is 5. The van der Waals surface area contributed by atoms with Gasteiger partial charge in [-0.1, -0.05) is 6.07 Å². The Hall–Kier alpha value is -2.41. The second kappa shape index (κ2) is 8.44. The number of hydrogen-bond acceptors (Lipinski definition) is 4. The first-order valence-corrected chi connectivity index (χ1v) is 8.00. The predicted molar refractivity (Wildman–Crippen MR) is 89.7 cm³/mol. The van der Waals surface area contributed by atoms with Gasteiger partial charge in [0.2, 0.25) is 11.8 Å². The number of amides is 3. The minimum absolute atomic E-state index is 0.0298. The molecule has 1 atom stereocenters. The zero-order chi connectivity index (χ0) is 17.5. The Morgan fingerprint density at radius 3 is 2.83 bits per heavy atom. The van der Waals surface area contributed by atoms with E-state index in [-0.39, 0.29) is 36.7 Å². The molecule has 1 saturated heterocycles. The molecule has 0 saturated carbocycles. The van der Waals surface area contributed by atoms with E-state index in [1.807, 2.05) is 6.92 Å². The van der Waals surface area contributed by atoms with E-state index in [1.54, 1.807) is 29.2 Å². The van der Waals surface area contributed by atoms with E-state index in [9.17, 15) is 14.4 Å². The maximum absolute atomic E-state index is 12.6. The van der Waals surface area contributed by atoms with E-state index in [0.29, 0.717) is 31.0 Å². The summed E-state index contributed by atoms with van der Waals surface area (Å²) in [6.45, 7) is 5.27. The maximum atomic E-state index is 12.6. The van der Waals surface area contributed by atoms with Gasteiger partial charge in [-0.25, -0.2) is 0 Å². The van der Waals surface area contributed by atoms with E-state index in [4.69, 9.17) is 4.74 Å². The molecule has 24 heavy (non-hydrogen) atoms. The molecule has 2 N–H and O–H groups in total. The Morgan fingerprint density at radius 1 is 1.33 bits per heavy atom. The van der Waals surface area contributed by atoms with Gasteiger partial charge in [0.25, 0.3) is 5.91 Å². The van der Waals surface area contributed by atoms with Crippen molar-refractivity contribution in [2.24, 2.45) is 0 Å². The van der Waals surface area contributed by atoms with Crippen LogP contribution >= 0.6 is 0 Å². The lowest BCUT2D eigenvalue weighted by Crippen LogP contribution is -2.47. The minimum atomic E-state index is -0.215. The number of anilines is 1. The summed E-state index contributed by atoms with van der Waals surface area (Å²) in [5.41, 5.74) is 1.10. The molecule has 1 aliphatic rings. The average Bonchev–Trinajstić information content (AvgIpc) is 2.54. The Balaban J connectivity index is 1.96. The smallest absolute Gasteiger partial charge is 0.254 e. The highest BCUT2D eigenvalue weighted by atomic mass is 16.5. The molecule has 3 amide bonds. The largest absolute Gasteiger partial charge is 0.377 e. The number of nitrogens with zero attached hydrogens (tertiary/aromatic N) is 1. The van der Waals surface area contributed by atoms with Crippen molar-refractivity contribution in [3.8, 4) is 0 Å². The van der Waals surface area contributed by atoms with Gasteiger partial charge in [0.05, 0.1) is 19.3 Å². The second-order valence-corrected chi connectivity index (χ2v) is 5.78. The van der Waals surface area contributed by atoms with E-state index >= 15 is 0 Å². The maximum Gasteiger partial charge on any atom is 0.254 e. The van der Waals surface area contributed by atoms with Gasteiger partial charge in [0.1, 0.15) is 0 Å². The summed E-state index contributed by atoms with van der Waals surface area (Å²) in [6.07, 6.45) is 0.179. The molecular weight excluding hydrogens is 310 g/mol. The summed E-state index contributed by atoms with van der Waals surface area (Å²) in [6, 6.07) is 6.90. The zero-order valence-corrected chi connectivity index (χ0v) is 14.0. The molecule has 7 nitrogen and oxygen atoms in total. The Labute approximate surface area is 141 Å². The highest BCUT2D eigenvalue weighted by Crippen LogP contribution is 2.16. The molecule has 0 bridgehead atoms. The topological polar surface area (TPSA) is 87.7 Å². The van der Waals surface area contributed by atoms with Crippen LogP contribution in [-0.2, 0) is 14.3 Å². The van der Waals surface area contributed by atoms with Crippen LogP contribution in [0.25, 0.3) is 0 Å². The third-order valence-corrected chi connectivity index (χ3v) is 3.75. The monoisotopic (exact) mass is 333 g/mol. The molecule has 1 aromatic carbocycles. The van der Waals surface area contributed by atoms with E-state index in [2.05, 4.69) is 10.6 Å². The van der Waals surface area contributed by atoms with E-state index in [1.165, 1.54) is 6.92 Å². The molecule has 2 rings (SSSR count). The number of carbonyl (C=O) groups is 3. The molecule has 0 spiro atoms. The van der Waals surface area contributed by atoms with Crippen LogP contribution in [0.4, 0.5) is 5.69 Å². The van der Waals surface area contributed by atoms with Gasteiger partial charge in [-0.05, 0) is 25.1 Å². The fourth-order valence-electron chi connectivity index (χ4n) is 2.50. The summed E-state index contributed by atoms with van der Waals surface area (Å²) < 4.78 is 5.35. The van der Waals surface area contributed by atoms with Gasteiger partial charge in [-0.2, -0.15) is 0 Å². The average molecular weight is 333 g/mol. The Bertz CT molecular complexity index is 618. The van der Waals surface area contributed by atoms with Gasteiger partial charge in [-0.3, -0.25) is 14.4 Å². The van der Waals surface area contributed by atoms with Crippen LogP contribution in [-0.4, -0.2) is 55.0 Å². The first-order chi connectivity index (χ1) is 11.5. The molecule has 1 heterocycles. The normalized spacial score (nSPS) is 17.2. The van der Waals surface area contributed by atoms with Crippen LogP contribution in [0.2, 0.25) is 0 Å². The molecule has 0 aromatic heterocycles. The van der Waals surface area contributed by atoms with Gasteiger partial charge in [0.15, 0.2) is 0 Å². The third kappa shape index (κ3) is 5.06. The lowest BCUT2D eigenvalue weighted by molar-refractivity contribution is -0.119. The van der Waals surface area contributed by atoms with Gasteiger partial charge >= 0.3 is 0 Å². The minimum Gasteiger partial charge on any atom is -0.377 e. The molecule has 1 aliphatic heterocycles. The number of nitrogens with one attached hydrogen (secondary N) is 2. The molecule has 0 radical (unpaired) electrons. The number of morpholine rings is 1. The van der Waals surface area contributed by atoms with Crippen molar-refractivity contribution in [1.82, 2.24) is 10.2 Å². The van der Waals surface area contributed by atoms with Crippen LogP contribution in [0.5, 0.6) is 0 Å². The van der Waals surface area contributed by atoms with Crippen molar-refractivity contribution in [3.05, 3.63) is 29.8 Å². The van der Waals surface area contributed by atoms with Crippen molar-refractivity contribution in [2.45, 2.75) is 26.3 Å². The lowest BCUT2D eigenvalue weighted by Gasteiger charge is -2.33. The first kappa shape index (κ1) is 17.9. The summed E-state index contributed by atoms with van der Waals surface area (Å²) in [5.74, 6) is -0.455. The summed E-state index contributed by atoms with van der Waals surface area (Å²) >= 11 is 0. The highest BCUT2D eigenvalue weighted by molar-refractivity contribution is 5.97. The highest BCUT2D eigenvalue weighted by Gasteiger charge is 2.24. The van der Waals surface area contributed by atoms with Crippen molar-refractivity contribution >= 4 is 23.4 Å². The lowest BCUT2D eigenvalue weighted by atomic mass is 10.1. The van der Waals surface area contributed by atoms with Crippen molar-refractivity contribution in [2.75, 3.05) is 31.6 Å². The quantitative estimate of drug-likeness (QED) is 0.842. The SMILES string of the molecule is CC(=O)NCCC(=O)Nc1cccc(C(=O)N2CCOCC2C)c1. The molecule has 1 aromatic rings. The summed E-state index contributed by atoms with van der Waals surface area (Å²) in [5, 5.41) is 5.31. The Morgan fingerprint density at radius 2 is 2.12 bits per heavy atom. The molecular formula is C17H23N3O4. The number of carbonyl (C=O) groups excluding carboxylic acids is 3. The first-order valence-electron chi connectivity index (χ1n) is 8.00. The number of benzene rings is 1. The van der Waals surface area contributed by atoms with Crippen LogP contribution in [0.15, 0.2) is 24.3 Å². The molecule has 1 unspecified atom stereocenters. The molecule has 1 fully saturated rings. The second-order valence-electron chi connectivity index (χ2n) is 5.78. The summed E-state index contributed by atoms with van der Waals surface area (Å²) in [7, 11) is 0. The fourth-order valence-corrected chi connectivity index (χ4v) is 2.50. The van der Waals surface area contributed by atoms with Gasteiger partial charge in [-0.15, -0.1) is 0 Å². The van der Waals surface area contributed by atoms with Crippen molar-refractivity contribution in [1.29, 1.82) is 0 Å². The Kier molecular flexibility index (Phi) is 6.31. The molecule has 7 heteroatoms. The number of ether oxygens (including phenoxy) is 1. The number of hydrogen-bond donors (Lipinski definition) is 2. The van der Waals surface area contributed by atoms with E-state index < -0.39 is 0 Å².